The zero-order valence-corrected chi connectivity index (χ0v) is 23.4. The van der Waals surface area contributed by atoms with E-state index in [1.807, 2.05) is 0 Å². The molecule has 5 rings (SSSR count). The SMILES string of the molecule is O=C(Nc1cc(F)c(F)c(F)c1)c1ccc(Cl)c(S(=O)(=O)C2C3CC[C@H]2C[C@](O)(/C=N/OCc2ccccc2F)C3)c1. The number of nitrogens with zero attached hydrogens (tertiary/aromatic N) is 1. The molecule has 7 nitrogen and oxygen atoms in total. The number of nitrogens with one attached hydrogen (secondary N) is 1. The van der Waals surface area contributed by atoms with Crippen LogP contribution in [-0.2, 0) is 21.3 Å². The van der Waals surface area contributed by atoms with Gasteiger partial charge in [-0.2, -0.15) is 0 Å². The molecule has 222 valence electrons. The molecular weight excluding hydrogens is 600 g/mol. The van der Waals surface area contributed by atoms with Gasteiger partial charge >= 0.3 is 0 Å². The number of rotatable bonds is 8. The smallest absolute Gasteiger partial charge is 0.255 e. The summed E-state index contributed by atoms with van der Waals surface area (Å²) >= 11 is 6.28. The topological polar surface area (TPSA) is 105 Å². The summed E-state index contributed by atoms with van der Waals surface area (Å²) in [5, 5.41) is 16.2. The number of benzene rings is 3. The number of aliphatic hydroxyl groups is 1. The third-order valence-electron chi connectivity index (χ3n) is 7.71. The van der Waals surface area contributed by atoms with Gasteiger partial charge in [-0.05, 0) is 61.8 Å². The number of oxime groups is 1. The fourth-order valence-electron chi connectivity index (χ4n) is 5.88. The number of fused-ring (bicyclic) bond motifs is 2. The van der Waals surface area contributed by atoms with Crippen molar-refractivity contribution in [3.8, 4) is 0 Å². The van der Waals surface area contributed by atoms with Crippen LogP contribution in [0.25, 0.3) is 0 Å². The fraction of sp³-hybridized carbons (Fsp3) is 0.310. The molecule has 1 amide bonds. The van der Waals surface area contributed by atoms with Gasteiger partial charge < -0.3 is 15.3 Å². The molecule has 0 spiro atoms. The van der Waals surface area contributed by atoms with E-state index >= 15 is 0 Å². The highest BCUT2D eigenvalue weighted by Gasteiger charge is 2.54. The summed E-state index contributed by atoms with van der Waals surface area (Å²) in [4.78, 5) is 17.7. The Morgan fingerprint density at radius 3 is 2.31 bits per heavy atom. The first-order chi connectivity index (χ1) is 19.9. The maximum absolute atomic E-state index is 13.9. The number of hydrogen-bond donors (Lipinski definition) is 2. The quantitative estimate of drug-likeness (QED) is 0.138. The molecule has 2 unspecified atom stereocenters. The van der Waals surface area contributed by atoms with Gasteiger partial charge in [0, 0.05) is 28.9 Å². The lowest BCUT2D eigenvalue weighted by Gasteiger charge is -2.38. The van der Waals surface area contributed by atoms with E-state index in [1.165, 1.54) is 24.4 Å². The first-order valence-corrected chi connectivity index (χ1v) is 14.9. The molecule has 42 heavy (non-hydrogen) atoms. The first-order valence-electron chi connectivity index (χ1n) is 13.0. The molecule has 2 bridgehead atoms. The highest BCUT2D eigenvalue weighted by Crippen LogP contribution is 2.51. The maximum atomic E-state index is 13.9. The van der Waals surface area contributed by atoms with E-state index in [0.717, 1.165) is 6.07 Å². The van der Waals surface area contributed by atoms with Crippen molar-refractivity contribution in [1.82, 2.24) is 0 Å². The van der Waals surface area contributed by atoms with Gasteiger partial charge in [-0.25, -0.2) is 26.0 Å². The minimum absolute atomic E-state index is 0.0828. The Labute approximate surface area is 244 Å². The molecule has 3 aromatic carbocycles. The van der Waals surface area contributed by atoms with Crippen LogP contribution >= 0.6 is 11.6 Å². The molecule has 2 aliphatic rings. The molecule has 2 fully saturated rings. The molecule has 2 aliphatic carbocycles. The molecule has 0 saturated heterocycles. The van der Waals surface area contributed by atoms with Crippen molar-refractivity contribution >= 4 is 39.2 Å². The predicted octanol–water partition coefficient (Wildman–Crippen LogP) is 6.04. The van der Waals surface area contributed by atoms with Crippen molar-refractivity contribution in [2.45, 2.75) is 48.0 Å². The lowest BCUT2D eigenvalue weighted by atomic mass is 9.78. The summed E-state index contributed by atoms with van der Waals surface area (Å²) in [5.41, 5.74) is -1.65. The molecule has 3 aromatic rings. The van der Waals surface area contributed by atoms with Crippen LogP contribution in [0, 0.1) is 35.1 Å². The molecule has 4 atom stereocenters. The van der Waals surface area contributed by atoms with E-state index in [1.54, 1.807) is 18.2 Å². The van der Waals surface area contributed by atoms with Gasteiger partial charge in [-0.15, -0.1) is 0 Å². The largest absolute Gasteiger partial charge is 0.391 e. The summed E-state index contributed by atoms with van der Waals surface area (Å²) in [7, 11) is -4.10. The van der Waals surface area contributed by atoms with Crippen molar-refractivity contribution < 1.29 is 40.7 Å². The molecule has 0 heterocycles. The zero-order chi connectivity index (χ0) is 30.2. The monoisotopic (exact) mass is 624 g/mol. The van der Waals surface area contributed by atoms with Crippen LogP contribution in [0.1, 0.15) is 41.6 Å². The molecule has 13 heteroatoms. The Morgan fingerprint density at radius 1 is 1.02 bits per heavy atom. The Balaban J connectivity index is 1.31. The number of hydrogen-bond acceptors (Lipinski definition) is 6. The second-order valence-electron chi connectivity index (χ2n) is 10.6. The van der Waals surface area contributed by atoms with Crippen LogP contribution in [0.5, 0.6) is 0 Å². The lowest BCUT2D eigenvalue weighted by Crippen LogP contribution is -2.47. The van der Waals surface area contributed by atoms with Gasteiger partial charge in [-0.3, -0.25) is 4.79 Å². The van der Waals surface area contributed by atoms with Crippen LogP contribution in [0.4, 0.5) is 23.2 Å². The summed E-state index contributed by atoms with van der Waals surface area (Å²) in [6.45, 7) is -0.142. The predicted molar refractivity (Wildman–Crippen MR) is 147 cm³/mol. The van der Waals surface area contributed by atoms with Crippen molar-refractivity contribution in [2.75, 3.05) is 5.32 Å². The van der Waals surface area contributed by atoms with Crippen molar-refractivity contribution in [3.63, 3.8) is 0 Å². The average Bonchev–Trinajstić information content (AvgIpc) is 3.23. The average molecular weight is 625 g/mol. The Hall–Kier alpha value is -3.48. The summed E-state index contributed by atoms with van der Waals surface area (Å²) < 4.78 is 81.9. The fourth-order valence-corrected chi connectivity index (χ4v) is 8.72. The highest BCUT2D eigenvalue weighted by molar-refractivity contribution is 7.92. The Kier molecular flexibility index (Phi) is 8.32. The Morgan fingerprint density at radius 2 is 1.67 bits per heavy atom. The van der Waals surface area contributed by atoms with E-state index in [4.69, 9.17) is 16.4 Å². The number of anilines is 1. The maximum Gasteiger partial charge on any atom is 0.255 e. The van der Waals surface area contributed by atoms with Crippen LogP contribution in [0.2, 0.25) is 5.02 Å². The third-order valence-corrected chi connectivity index (χ3v) is 10.6. The molecule has 0 aromatic heterocycles. The normalized spacial score (nSPS) is 23.7. The van der Waals surface area contributed by atoms with Crippen LogP contribution in [0.3, 0.4) is 0 Å². The van der Waals surface area contributed by atoms with Gasteiger partial charge in [-0.1, -0.05) is 35.0 Å². The molecule has 2 saturated carbocycles. The van der Waals surface area contributed by atoms with E-state index in [2.05, 4.69) is 10.5 Å². The third kappa shape index (κ3) is 6.02. The van der Waals surface area contributed by atoms with E-state index < -0.39 is 61.7 Å². The zero-order valence-electron chi connectivity index (χ0n) is 21.9. The summed E-state index contributed by atoms with van der Waals surface area (Å²) in [6.07, 6.45) is 2.44. The second kappa shape index (κ2) is 11.7. The van der Waals surface area contributed by atoms with Gasteiger partial charge in [0.1, 0.15) is 18.0 Å². The molecule has 0 aliphatic heterocycles. The van der Waals surface area contributed by atoms with Crippen molar-refractivity contribution in [1.29, 1.82) is 0 Å². The van der Waals surface area contributed by atoms with Gasteiger partial charge in [0.05, 0.1) is 21.4 Å². The summed E-state index contributed by atoms with van der Waals surface area (Å²) in [6, 6.07) is 10.8. The number of carbonyl (C=O) groups excluding carboxylic acids is 1. The number of halogens is 5. The van der Waals surface area contributed by atoms with E-state index in [-0.39, 0.29) is 40.6 Å². The first kappa shape index (κ1) is 30.0. The number of carbonyl (C=O) groups is 1. The number of amides is 1. The Bertz CT molecular complexity index is 1630. The van der Waals surface area contributed by atoms with Crippen molar-refractivity contribution in [3.05, 3.63) is 94.0 Å². The minimum Gasteiger partial charge on any atom is -0.391 e. The lowest BCUT2D eigenvalue weighted by molar-refractivity contribution is 0.0409. The second-order valence-corrected chi connectivity index (χ2v) is 13.1. The van der Waals surface area contributed by atoms with Gasteiger partial charge in [0.25, 0.3) is 5.91 Å². The van der Waals surface area contributed by atoms with Crippen LogP contribution in [-0.4, -0.2) is 36.5 Å². The highest BCUT2D eigenvalue weighted by atomic mass is 35.5. The van der Waals surface area contributed by atoms with Crippen LogP contribution < -0.4 is 5.32 Å². The van der Waals surface area contributed by atoms with Crippen molar-refractivity contribution in [2.24, 2.45) is 17.0 Å². The standard InChI is InChI=1S/C29H25ClF4N2O5S/c30-21-8-7-16(28(37)36-20-10-23(32)26(34)24(33)11-20)9-25(21)42(39,40)27-17-5-6-18(27)13-29(38,12-17)15-35-41-14-19-3-1-2-4-22(19)31/h1-4,7-11,15,17-18,27,38H,5-6,12-14H2,(H,36,37)/b35-15+/t17-,18?,27?,29+/m0/s1. The molecular formula is C29H25ClF4N2O5S. The van der Waals surface area contributed by atoms with Gasteiger partial charge in [0.2, 0.25) is 0 Å². The van der Waals surface area contributed by atoms with E-state index in [9.17, 15) is 35.9 Å². The minimum atomic E-state index is -4.10. The molecule has 0 radical (unpaired) electrons. The number of sulfone groups is 1. The van der Waals surface area contributed by atoms with Gasteiger partial charge in [0.15, 0.2) is 27.3 Å². The summed E-state index contributed by atoms with van der Waals surface area (Å²) in [5.74, 6) is -6.93. The van der Waals surface area contributed by atoms with Crippen LogP contribution in [0.15, 0.2) is 64.6 Å². The van der Waals surface area contributed by atoms with E-state index in [0.29, 0.717) is 30.5 Å². The molecule has 2 N–H and O–H groups in total.